The van der Waals surface area contributed by atoms with Crippen molar-refractivity contribution in [1.82, 2.24) is 0 Å². The quantitative estimate of drug-likeness (QED) is 0.559. The topological polar surface area (TPSA) is 72.2 Å². The molecule has 0 radical (unpaired) electrons. The van der Waals surface area contributed by atoms with Crippen LogP contribution in [0.1, 0.15) is 5.56 Å². The fraction of sp³-hybridized carbons (Fsp3) is 0.100. The van der Waals surface area contributed by atoms with E-state index in [0.29, 0.717) is 16.9 Å². The molecule has 0 spiro atoms. The number of nitrogens with one attached hydrogen (secondary N) is 1. The third-order valence-corrected chi connectivity index (χ3v) is 2.06. The molecule has 1 heterocycles. The lowest BCUT2D eigenvalue weighted by Crippen LogP contribution is -2.12. The molecule has 0 aliphatic heterocycles. The monoisotopic (exact) mass is 190 g/mol. The number of amidine groups is 1. The highest BCUT2D eigenvalue weighted by Gasteiger charge is 2.09. The van der Waals surface area contributed by atoms with Crippen LogP contribution in [0.15, 0.2) is 28.9 Å². The molecule has 0 saturated carbocycles. The van der Waals surface area contributed by atoms with Crippen molar-refractivity contribution in [2.75, 3.05) is 7.11 Å². The summed E-state index contributed by atoms with van der Waals surface area (Å²) in [7, 11) is 1.55. The molecule has 0 bridgehead atoms. The second-order valence-corrected chi connectivity index (χ2v) is 2.92. The zero-order valence-electron chi connectivity index (χ0n) is 7.70. The number of ether oxygens (including phenoxy) is 1. The molecule has 14 heavy (non-hydrogen) atoms. The summed E-state index contributed by atoms with van der Waals surface area (Å²) in [6, 6.07) is 5.34. The summed E-state index contributed by atoms with van der Waals surface area (Å²) in [6.45, 7) is 0. The number of benzene rings is 1. The van der Waals surface area contributed by atoms with Crippen LogP contribution in [0.5, 0.6) is 5.75 Å². The zero-order chi connectivity index (χ0) is 10.1. The van der Waals surface area contributed by atoms with Crippen LogP contribution in [0, 0.1) is 5.41 Å². The van der Waals surface area contributed by atoms with Gasteiger partial charge in [-0.25, -0.2) is 0 Å². The number of hydrogen-bond acceptors (Lipinski definition) is 3. The van der Waals surface area contributed by atoms with Gasteiger partial charge in [-0.3, -0.25) is 5.41 Å². The highest BCUT2D eigenvalue weighted by atomic mass is 16.5. The van der Waals surface area contributed by atoms with Crippen molar-refractivity contribution in [2.45, 2.75) is 0 Å². The average Bonchev–Trinajstić information content (AvgIpc) is 2.62. The van der Waals surface area contributed by atoms with Crippen molar-refractivity contribution in [3.8, 4) is 5.75 Å². The minimum Gasteiger partial charge on any atom is -0.496 e. The molecule has 0 unspecified atom stereocenters. The molecule has 2 aromatic rings. The van der Waals surface area contributed by atoms with Gasteiger partial charge in [0, 0.05) is 5.39 Å². The van der Waals surface area contributed by atoms with Gasteiger partial charge in [-0.2, -0.15) is 0 Å². The van der Waals surface area contributed by atoms with E-state index < -0.39 is 0 Å². The normalized spacial score (nSPS) is 10.4. The van der Waals surface area contributed by atoms with Crippen LogP contribution in [-0.2, 0) is 0 Å². The van der Waals surface area contributed by atoms with Gasteiger partial charge in [0.25, 0.3) is 0 Å². The third kappa shape index (κ3) is 1.21. The molecule has 0 saturated heterocycles. The van der Waals surface area contributed by atoms with Crippen LogP contribution < -0.4 is 10.5 Å². The van der Waals surface area contributed by atoms with E-state index in [1.54, 1.807) is 25.5 Å². The highest BCUT2D eigenvalue weighted by Crippen LogP contribution is 2.26. The molecule has 1 aromatic carbocycles. The Balaban J connectivity index is 2.72. The summed E-state index contributed by atoms with van der Waals surface area (Å²) in [5.41, 5.74) is 6.67. The zero-order valence-corrected chi connectivity index (χ0v) is 7.70. The molecule has 0 aliphatic carbocycles. The molecule has 72 valence electrons. The molecular formula is C10H10N2O2. The molecule has 4 nitrogen and oxygen atoms in total. The molecule has 3 N–H and O–H groups in total. The summed E-state index contributed by atoms with van der Waals surface area (Å²) in [6.07, 6.45) is 1.59. The minimum atomic E-state index is -0.0276. The Morgan fingerprint density at radius 2 is 2.29 bits per heavy atom. The number of fused-ring (bicyclic) bond motifs is 1. The number of methoxy groups -OCH3 is 1. The molecule has 1 aromatic heterocycles. The van der Waals surface area contributed by atoms with Gasteiger partial charge >= 0.3 is 0 Å². The molecule has 4 heteroatoms. The Kier molecular flexibility index (Phi) is 1.89. The van der Waals surface area contributed by atoms with Crippen molar-refractivity contribution in [3.63, 3.8) is 0 Å². The number of hydrogen-bond donors (Lipinski definition) is 2. The van der Waals surface area contributed by atoms with Gasteiger partial charge in [0.2, 0.25) is 0 Å². The van der Waals surface area contributed by atoms with Crippen LogP contribution in [0.4, 0.5) is 0 Å². The Labute approximate surface area is 80.8 Å². The molecule has 2 rings (SSSR count). The van der Waals surface area contributed by atoms with E-state index >= 15 is 0 Å². The van der Waals surface area contributed by atoms with Gasteiger partial charge in [0.1, 0.15) is 17.2 Å². The second-order valence-electron chi connectivity index (χ2n) is 2.92. The van der Waals surface area contributed by atoms with Gasteiger partial charge in [0.15, 0.2) is 0 Å². The fourth-order valence-electron chi connectivity index (χ4n) is 1.37. The Hall–Kier alpha value is -1.97. The van der Waals surface area contributed by atoms with Crippen LogP contribution >= 0.6 is 0 Å². The number of rotatable bonds is 2. The lowest BCUT2D eigenvalue weighted by molar-refractivity contribution is 0.414. The largest absolute Gasteiger partial charge is 0.496 e. The Bertz CT molecular complexity index is 488. The third-order valence-electron chi connectivity index (χ3n) is 2.06. The second kappa shape index (κ2) is 3.06. The van der Waals surface area contributed by atoms with Gasteiger partial charge in [-0.15, -0.1) is 0 Å². The van der Waals surface area contributed by atoms with Crippen LogP contribution in [0.25, 0.3) is 11.0 Å². The van der Waals surface area contributed by atoms with E-state index in [4.69, 9.17) is 20.3 Å². The molecule has 0 aliphatic rings. The van der Waals surface area contributed by atoms with E-state index in [0.717, 1.165) is 5.39 Å². The van der Waals surface area contributed by atoms with E-state index in [1.807, 2.05) is 6.07 Å². The van der Waals surface area contributed by atoms with E-state index in [2.05, 4.69) is 0 Å². The van der Waals surface area contributed by atoms with Crippen LogP contribution in [0.3, 0.4) is 0 Å². The van der Waals surface area contributed by atoms with Crippen molar-refractivity contribution >= 4 is 16.8 Å². The minimum absolute atomic E-state index is 0.0276. The van der Waals surface area contributed by atoms with Crippen molar-refractivity contribution in [1.29, 1.82) is 5.41 Å². The first-order valence-electron chi connectivity index (χ1n) is 4.12. The highest BCUT2D eigenvalue weighted by molar-refractivity contribution is 6.01. The standard InChI is InChI=1S/C10H10N2O2/c1-13-9-4-6-2-3-14-8(6)5-7(9)10(11)12/h2-5H,1H3,(H3,11,12). The number of nitrogen functional groups attached to an aromatic ring is 1. The van der Waals surface area contributed by atoms with Crippen LogP contribution in [0.2, 0.25) is 0 Å². The first-order chi connectivity index (χ1) is 6.72. The lowest BCUT2D eigenvalue weighted by atomic mass is 10.1. The average molecular weight is 190 g/mol. The van der Waals surface area contributed by atoms with Crippen molar-refractivity contribution in [2.24, 2.45) is 5.73 Å². The van der Waals surface area contributed by atoms with Gasteiger partial charge in [-0.05, 0) is 18.2 Å². The number of furan rings is 1. The predicted octanol–water partition coefficient (Wildman–Crippen LogP) is 1.73. The van der Waals surface area contributed by atoms with Crippen LogP contribution in [-0.4, -0.2) is 12.9 Å². The summed E-state index contributed by atoms with van der Waals surface area (Å²) >= 11 is 0. The van der Waals surface area contributed by atoms with Crippen molar-refractivity contribution in [3.05, 3.63) is 30.0 Å². The van der Waals surface area contributed by atoms with Gasteiger partial charge in [0.05, 0.1) is 18.9 Å². The van der Waals surface area contributed by atoms with Crippen molar-refractivity contribution < 1.29 is 9.15 Å². The summed E-state index contributed by atoms with van der Waals surface area (Å²) in [4.78, 5) is 0. The van der Waals surface area contributed by atoms with E-state index in [-0.39, 0.29) is 5.84 Å². The SMILES string of the molecule is COc1cc2ccoc2cc1C(=N)N. The molecule has 0 atom stereocenters. The number of nitrogens with two attached hydrogens (primary N) is 1. The Morgan fingerprint density at radius 1 is 1.50 bits per heavy atom. The maximum Gasteiger partial charge on any atom is 0.134 e. The summed E-state index contributed by atoms with van der Waals surface area (Å²) < 4.78 is 10.3. The summed E-state index contributed by atoms with van der Waals surface area (Å²) in [5, 5.41) is 8.30. The van der Waals surface area contributed by atoms with E-state index in [1.165, 1.54) is 0 Å². The Morgan fingerprint density at radius 3 is 2.93 bits per heavy atom. The van der Waals surface area contributed by atoms with Gasteiger partial charge in [-0.1, -0.05) is 0 Å². The lowest BCUT2D eigenvalue weighted by Gasteiger charge is -2.06. The molecular weight excluding hydrogens is 180 g/mol. The predicted molar refractivity (Wildman–Crippen MR) is 53.8 cm³/mol. The van der Waals surface area contributed by atoms with E-state index in [9.17, 15) is 0 Å². The maximum absolute atomic E-state index is 7.36. The molecule has 0 fully saturated rings. The smallest absolute Gasteiger partial charge is 0.134 e. The fourth-order valence-corrected chi connectivity index (χ4v) is 1.37. The first-order valence-corrected chi connectivity index (χ1v) is 4.12. The summed E-state index contributed by atoms with van der Waals surface area (Å²) in [5.74, 6) is 0.562. The first kappa shape index (κ1) is 8.62. The molecule has 0 amide bonds. The van der Waals surface area contributed by atoms with Gasteiger partial charge < -0.3 is 14.9 Å². The maximum atomic E-state index is 7.36.